The zero-order chi connectivity index (χ0) is 20.7. The molecule has 0 aliphatic heterocycles. The molecule has 2 aromatic rings. The number of non-ortho nitro benzene ring substituents is 1. The Morgan fingerprint density at radius 3 is 2.79 bits per heavy atom. The highest BCUT2D eigenvalue weighted by Gasteiger charge is 2.14. The van der Waals surface area contributed by atoms with E-state index in [2.05, 4.69) is 31.8 Å². The Bertz CT molecular complexity index is 947. The van der Waals surface area contributed by atoms with E-state index in [1.807, 2.05) is 0 Å². The molecule has 2 amide bonds. The molecule has 10 nitrogen and oxygen atoms in total. The lowest BCUT2D eigenvalue weighted by Crippen LogP contribution is -2.34. The summed E-state index contributed by atoms with van der Waals surface area (Å²) >= 11 is 3.00. The summed E-state index contributed by atoms with van der Waals surface area (Å²) in [7, 11) is 1.47. The number of hydrogen-bond acceptors (Lipinski definition) is 7. The number of nitrogens with one attached hydrogen (secondary N) is 2. The van der Waals surface area contributed by atoms with Gasteiger partial charge in [0.15, 0.2) is 0 Å². The molecule has 0 radical (unpaired) electrons. The molecule has 0 fully saturated rings. The largest absolute Gasteiger partial charge is 0.506 e. The first-order valence-corrected chi connectivity index (χ1v) is 8.52. The number of nitro benzene ring substituents is 1. The summed E-state index contributed by atoms with van der Waals surface area (Å²) in [6, 6.07) is 8.65. The van der Waals surface area contributed by atoms with Crippen molar-refractivity contribution in [1.29, 1.82) is 0 Å². The average Bonchev–Trinajstić information content (AvgIpc) is 2.69. The number of rotatable bonds is 7. The van der Waals surface area contributed by atoms with E-state index < -0.39 is 16.7 Å². The maximum atomic E-state index is 12.0. The minimum absolute atomic E-state index is 0.0294. The summed E-state index contributed by atoms with van der Waals surface area (Å²) in [4.78, 5) is 34.0. The summed E-state index contributed by atoms with van der Waals surface area (Å²) in [6.45, 7) is -0.349. The van der Waals surface area contributed by atoms with Gasteiger partial charge in [0, 0.05) is 23.3 Å². The van der Waals surface area contributed by atoms with Gasteiger partial charge in [0.2, 0.25) is 0 Å². The lowest BCUT2D eigenvalue weighted by atomic mass is 10.2. The van der Waals surface area contributed by atoms with Crippen LogP contribution in [0.25, 0.3) is 0 Å². The Labute approximate surface area is 167 Å². The Kier molecular flexibility index (Phi) is 7.04. The van der Waals surface area contributed by atoms with Crippen LogP contribution in [-0.4, -0.2) is 41.7 Å². The number of aromatic hydroxyl groups is 1. The van der Waals surface area contributed by atoms with Gasteiger partial charge in [0.25, 0.3) is 17.5 Å². The monoisotopic (exact) mass is 450 g/mol. The summed E-state index contributed by atoms with van der Waals surface area (Å²) in [5, 5.41) is 26.8. The van der Waals surface area contributed by atoms with Crippen LogP contribution in [0.4, 0.5) is 5.69 Å². The molecule has 0 bridgehead atoms. The number of nitro groups is 1. The first kappa shape index (κ1) is 20.8. The zero-order valence-corrected chi connectivity index (χ0v) is 16.1. The van der Waals surface area contributed by atoms with Crippen LogP contribution in [0.3, 0.4) is 0 Å². The first-order chi connectivity index (χ1) is 13.3. The molecule has 11 heteroatoms. The standard InChI is InChI=1S/C17H15BrN4O6/c1-28-13-4-2-3-10(6-13)17(25)19-9-15(23)21-20-8-11-5-12(22(26)27)7-14(18)16(11)24/h2-8,24H,9H2,1H3,(H,19,25)(H,21,23). The number of methoxy groups -OCH3 is 1. The molecule has 28 heavy (non-hydrogen) atoms. The van der Waals surface area contributed by atoms with Crippen LogP contribution < -0.4 is 15.5 Å². The van der Waals surface area contributed by atoms with Crippen molar-refractivity contribution >= 4 is 39.6 Å². The van der Waals surface area contributed by atoms with E-state index >= 15 is 0 Å². The van der Waals surface area contributed by atoms with Crippen LogP contribution >= 0.6 is 15.9 Å². The smallest absolute Gasteiger partial charge is 0.271 e. The number of carbonyl (C=O) groups excluding carboxylic acids is 2. The molecule has 0 aromatic heterocycles. The number of nitrogens with zero attached hydrogens (tertiary/aromatic N) is 2. The summed E-state index contributed by atoms with van der Waals surface area (Å²) in [6.07, 6.45) is 1.05. The predicted octanol–water partition coefficient (Wildman–Crippen LogP) is 1.95. The molecule has 0 saturated carbocycles. The molecule has 2 aromatic carbocycles. The van der Waals surface area contributed by atoms with E-state index in [0.29, 0.717) is 11.3 Å². The van der Waals surface area contributed by atoms with Gasteiger partial charge in [-0.05, 0) is 34.1 Å². The number of hydrazone groups is 1. The van der Waals surface area contributed by atoms with Crippen LogP contribution in [0.15, 0.2) is 46.0 Å². The van der Waals surface area contributed by atoms with Gasteiger partial charge in [-0.2, -0.15) is 5.10 Å². The van der Waals surface area contributed by atoms with Crippen molar-refractivity contribution < 1.29 is 24.4 Å². The third-order valence-electron chi connectivity index (χ3n) is 3.42. The van der Waals surface area contributed by atoms with E-state index in [0.717, 1.165) is 18.3 Å². The number of halogens is 1. The van der Waals surface area contributed by atoms with Crippen LogP contribution in [-0.2, 0) is 4.79 Å². The van der Waals surface area contributed by atoms with Gasteiger partial charge in [-0.1, -0.05) is 6.07 Å². The van der Waals surface area contributed by atoms with Gasteiger partial charge in [-0.15, -0.1) is 0 Å². The summed E-state index contributed by atoms with van der Waals surface area (Å²) in [5.74, 6) is -0.866. The normalized spacial score (nSPS) is 10.5. The molecule has 0 atom stereocenters. The van der Waals surface area contributed by atoms with Crippen molar-refractivity contribution in [3.05, 3.63) is 62.1 Å². The minimum atomic E-state index is -0.631. The highest BCUT2D eigenvalue weighted by Crippen LogP contribution is 2.31. The maximum Gasteiger partial charge on any atom is 0.271 e. The van der Waals surface area contributed by atoms with Crippen LogP contribution in [0.2, 0.25) is 0 Å². The van der Waals surface area contributed by atoms with Crippen LogP contribution in [0, 0.1) is 10.1 Å². The number of phenolic OH excluding ortho intramolecular Hbond substituents is 1. The van der Waals surface area contributed by atoms with Crippen molar-refractivity contribution in [3.8, 4) is 11.5 Å². The average molecular weight is 451 g/mol. The fourth-order valence-electron chi connectivity index (χ4n) is 2.05. The predicted molar refractivity (Wildman–Crippen MR) is 104 cm³/mol. The highest BCUT2D eigenvalue weighted by atomic mass is 79.9. The SMILES string of the molecule is COc1cccc(C(=O)NCC(=O)NN=Cc2cc([N+](=O)[O-])cc(Br)c2O)c1. The van der Waals surface area contributed by atoms with Crippen molar-refractivity contribution in [2.75, 3.05) is 13.7 Å². The molecule has 0 spiro atoms. The molecular formula is C17H15BrN4O6. The molecule has 2 rings (SSSR count). The van der Waals surface area contributed by atoms with E-state index in [1.54, 1.807) is 18.2 Å². The van der Waals surface area contributed by atoms with E-state index in [1.165, 1.54) is 13.2 Å². The number of carbonyl (C=O) groups is 2. The van der Waals surface area contributed by atoms with Gasteiger partial charge in [-0.25, -0.2) is 5.43 Å². The second-order valence-electron chi connectivity index (χ2n) is 5.33. The van der Waals surface area contributed by atoms with Crippen molar-refractivity contribution in [1.82, 2.24) is 10.7 Å². The summed E-state index contributed by atoms with van der Waals surface area (Å²) < 4.78 is 5.13. The van der Waals surface area contributed by atoms with Gasteiger partial charge in [0.05, 0.1) is 29.3 Å². The van der Waals surface area contributed by atoms with Crippen molar-refractivity contribution in [2.24, 2.45) is 5.10 Å². The topological polar surface area (TPSA) is 143 Å². The number of amides is 2. The lowest BCUT2D eigenvalue weighted by Gasteiger charge is -2.06. The van der Waals surface area contributed by atoms with Gasteiger partial charge >= 0.3 is 0 Å². The van der Waals surface area contributed by atoms with Crippen LogP contribution in [0.5, 0.6) is 11.5 Å². The molecule has 0 aliphatic carbocycles. The Morgan fingerprint density at radius 2 is 2.11 bits per heavy atom. The number of benzene rings is 2. The van der Waals surface area contributed by atoms with Crippen molar-refractivity contribution in [2.45, 2.75) is 0 Å². The summed E-state index contributed by atoms with van der Waals surface area (Å²) in [5.41, 5.74) is 2.24. The second-order valence-corrected chi connectivity index (χ2v) is 6.18. The molecular weight excluding hydrogens is 436 g/mol. The molecule has 3 N–H and O–H groups in total. The van der Waals surface area contributed by atoms with Crippen molar-refractivity contribution in [3.63, 3.8) is 0 Å². The minimum Gasteiger partial charge on any atom is -0.506 e. The lowest BCUT2D eigenvalue weighted by molar-refractivity contribution is -0.385. The Balaban J connectivity index is 1.93. The van der Waals surface area contributed by atoms with E-state index in [4.69, 9.17) is 4.74 Å². The molecule has 0 unspecified atom stereocenters. The fourth-order valence-corrected chi connectivity index (χ4v) is 2.51. The van der Waals surface area contributed by atoms with Gasteiger partial charge in [0.1, 0.15) is 11.5 Å². The number of phenols is 1. The second kappa shape index (κ2) is 9.46. The highest BCUT2D eigenvalue weighted by molar-refractivity contribution is 9.10. The van der Waals surface area contributed by atoms with E-state index in [-0.39, 0.29) is 28.0 Å². The third kappa shape index (κ3) is 5.51. The van der Waals surface area contributed by atoms with E-state index in [9.17, 15) is 24.8 Å². The molecule has 146 valence electrons. The first-order valence-electron chi connectivity index (χ1n) is 7.73. The molecule has 0 heterocycles. The van der Waals surface area contributed by atoms with Crippen LogP contribution in [0.1, 0.15) is 15.9 Å². The molecule has 0 saturated heterocycles. The maximum absolute atomic E-state index is 12.0. The Hall–Kier alpha value is -3.47. The Morgan fingerprint density at radius 1 is 1.36 bits per heavy atom. The molecule has 0 aliphatic rings. The number of ether oxygens (including phenoxy) is 1. The zero-order valence-electron chi connectivity index (χ0n) is 14.5. The number of hydrogen-bond donors (Lipinski definition) is 3. The van der Waals surface area contributed by atoms with Gasteiger partial charge < -0.3 is 15.2 Å². The third-order valence-corrected chi connectivity index (χ3v) is 4.03. The quantitative estimate of drug-likeness (QED) is 0.334. The fraction of sp³-hybridized carbons (Fsp3) is 0.118. The van der Waals surface area contributed by atoms with Gasteiger partial charge in [-0.3, -0.25) is 19.7 Å².